The molecule has 104 valence electrons. The fourth-order valence-corrected chi connectivity index (χ4v) is 2.53. The minimum Gasteiger partial charge on any atom is -0.501 e. The monoisotopic (exact) mass is 281 g/mol. The van der Waals surface area contributed by atoms with Gasteiger partial charge in [0.15, 0.2) is 0 Å². The third-order valence-corrected chi connectivity index (χ3v) is 3.48. The molecule has 0 spiro atoms. The Bertz CT molecular complexity index is 459. The molecule has 0 radical (unpaired) electrons. The van der Waals surface area contributed by atoms with Crippen LogP contribution in [0.1, 0.15) is 31.4 Å². The molecular weight excluding hydrogens is 262 g/mol. The van der Waals surface area contributed by atoms with Gasteiger partial charge in [0.2, 0.25) is 0 Å². The average Bonchev–Trinajstić information content (AvgIpc) is 2.46. The molecule has 1 aliphatic rings. The van der Waals surface area contributed by atoms with E-state index in [9.17, 15) is 0 Å². The van der Waals surface area contributed by atoms with Crippen molar-refractivity contribution in [2.45, 2.75) is 25.8 Å². The van der Waals surface area contributed by atoms with Crippen molar-refractivity contribution in [1.29, 1.82) is 0 Å². The van der Waals surface area contributed by atoms with Crippen LogP contribution in [0.2, 0.25) is 5.02 Å². The summed E-state index contributed by atoms with van der Waals surface area (Å²) < 4.78 is 10.9. The summed E-state index contributed by atoms with van der Waals surface area (Å²) in [5.41, 5.74) is 2.36. The molecule has 0 saturated heterocycles. The van der Waals surface area contributed by atoms with Crippen LogP contribution in [0.25, 0.3) is 0 Å². The maximum atomic E-state index is 6.02. The predicted octanol–water partition coefficient (Wildman–Crippen LogP) is 3.69. The third kappa shape index (κ3) is 3.43. The van der Waals surface area contributed by atoms with Crippen molar-refractivity contribution in [3.63, 3.8) is 0 Å². The molecule has 4 heteroatoms. The van der Waals surface area contributed by atoms with E-state index in [0.29, 0.717) is 5.02 Å². The van der Waals surface area contributed by atoms with Gasteiger partial charge in [0.1, 0.15) is 5.75 Å². The molecule has 3 nitrogen and oxygen atoms in total. The van der Waals surface area contributed by atoms with Gasteiger partial charge in [0.05, 0.1) is 26.0 Å². The third-order valence-electron chi connectivity index (χ3n) is 3.25. The van der Waals surface area contributed by atoms with Gasteiger partial charge >= 0.3 is 0 Å². The van der Waals surface area contributed by atoms with Crippen molar-refractivity contribution in [2.75, 3.05) is 20.3 Å². The van der Waals surface area contributed by atoms with E-state index in [4.69, 9.17) is 21.1 Å². The van der Waals surface area contributed by atoms with Crippen molar-refractivity contribution >= 4 is 11.6 Å². The van der Waals surface area contributed by atoms with Crippen LogP contribution < -0.4 is 10.1 Å². The van der Waals surface area contributed by atoms with E-state index < -0.39 is 0 Å². The van der Waals surface area contributed by atoms with Crippen LogP contribution in [-0.2, 0) is 4.74 Å². The fraction of sp³-hybridized carbons (Fsp3) is 0.467. The van der Waals surface area contributed by atoms with Gasteiger partial charge in [-0.3, -0.25) is 0 Å². The molecular formula is C15H20ClNO2. The van der Waals surface area contributed by atoms with E-state index in [1.807, 2.05) is 24.5 Å². The SMILES string of the molecule is CCNC(C1=COCCC1)c1ccc(Cl)cc1OC. The number of halogens is 1. The number of hydrogen-bond donors (Lipinski definition) is 1. The van der Waals surface area contributed by atoms with E-state index in [1.54, 1.807) is 7.11 Å². The van der Waals surface area contributed by atoms with Gasteiger partial charge < -0.3 is 14.8 Å². The molecule has 2 rings (SSSR count). The highest BCUT2D eigenvalue weighted by molar-refractivity contribution is 6.30. The molecule has 0 amide bonds. The van der Waals surface area contributed by atoms with E-state index in [0.717, 1.165) is 37.3 Å². The lowest BCUT2D eigenvalue weighted by atomic mass is 9.94. The van der Waals surface area contributed by atoms with Crippen LogP contribution in [0.5, 0.6) is 5.75 Å². The zero-order valence-electron chi connectivity index (χ0n) is 11.4. The minimum atomic E-state index is 0.123. The summed E-state index contributed by atoms with van der Waals surface area (Å²) in [5.74, 6) is 0.810. The Kier molecular flexibility index (Phi) is 5.11. The highest BCUT2D eigenvalue weighted by Crippen LogP contribution is 2.34. The van der Waals surface area contributed by atoms with Crippen molar-refractivity contribution in [1.82, 2.24) is 5.32 Å². The quantitative estimate of drug-likeness (QED) is 0.893. The van der Waals surface area contributed by atoms with E-state index >= 15 is 0 Å². The van der Waals surface area contributed by atoms with Crippen LogP contribution in [-0.4, -0.2) is 20.3 Å². The van der Waals surface area contributed by atoms with Crippen molar-refractivity contribution in [3.05, 3.63) is 40.6 Å². The smallest absolute Gasteiger partial charge is 0.125 e. The first-order valence-corrected chi connectivity index (χ1v) is 7.01. The largest absolute Gasteiger partial charge is 0.501 e. The van der Waals surface area contributed by atoms with Gasteiger partial charge in [-0.2, -0.15) is 0 Å². The Morgan fingerprint density at radius 3 is 2.95 bits per heavy atom. The molecule has 0 bridgehead atoms. The summed E-state index contributed by atoms with van der Waals surface area (Å²) in [6.45, 7) is 3.79. The fourth-order valence-electron chi connectivity index (χ4n) is 2.37. The van der Waals surface area contributed by atoms with Gasteiger partial charge in [-0.05, 0) is 37.1 Å². The zero-order chi connectivity index (χ0) is 13.7. The van der Waals surface area contributed by atoms with Gasteiger partial charge in [-0.1, -0.05) is 24.6 Å². The highest BCUT2D eigenvalue weighted by Gasteiger charge is 2.21. The number of hydrogen-bond acceptors (Lipinski definition) is 3. The van der Waals surface area contributed by atoms with Crippen LogP contribution in [0, 0.1) is 0 Å². The van der Waals surface area contributed by atoms with Crippen LogP contribution in [0.3, 0.4) is 0 Å². The van der Waals surface area contributed by atoms with Crippen LogP contribution in [0.15, 0.2) is 30.0 Å². The summed E-state index contributed by atoms with van der Waals surface area (Å²) in [4.78, 5) is 0. The molecule has 1 aliphatic heterocycles. The molecule has 0 aromatic heterocycles. The van der Waals surface area contributed by atoms with Crippen molar-refractivity contribution in [3.8, 4) is 5.75 Å². The van der Waals surface area contributed by atoms with E-state index in [-0.39, 0.29) is 6.04 Å². The molecule has 1 atom stereocenters. The predicted molar refractivity (Wildman–Crippen MR) is 77.7 cm³/mol. The first kappa shape index (κ1) is 14.2. The van der Waals surface area contributed by atoms with Gasteiger partial charge in [0.25, 0.3) is 0 Å². The number of nitrogens with one attached hydrogen (secondary N) is 1. The number of methoxy groups -OCH3 is 1. The molecule has 0 fully saturated rings. The van der Waals surface area contributed by atoms with Crippen molar-refractivity contribution < 1.29 is 9.47 Å². The lowest BCUT2D eigenvalue weighted by Crippen LogP contribution is -2.24. The summed E-state index contributed by atoms with van der Waals surface area (Å²) in [6, 6.07) is 5.89. The Morgan fingerprint density at radius 1 is 1.47 bits per heavy atom. The number of benzene rings is 1. The number of ether oxygens (including phenoxy) is 2. The van der Waals surface area contributed by atoms with Crippen LogP contribution >= 0.6 is 11.6 Å². The highest BCUT2D eigenvalue weighted by atomic mass is 35.5. The molecule has 0 aliphatic carbocycles. The zero-order valence-corrected chi connectivity index (χ0v) is 12.2. The Hall–Kier alpha value is -1.19. The lowest BCUT2D eigenvalue weighted by molar-refractivity contribution is 0.219. The number of likely N-dealkylation sites (N-methyl/N-ethyl adjacent to an activating group) is 1. The molecule has 1 aromatic carbocycles. The summed E-state index contributed by atoms with van der Waals surface area (Å²) in [7, 11) is 1.67. The lowest BCUT2D eigenvalue weighted by Gasteiger charge is -2.25. The molecule has 1 heterocycles. The Morgan fingerprint density at radius 2 is 2.32 bits per heavy atom. The normalized spacial score (nSPS) is 16.5. The van der Waals surface area contributed by atoms with Gasteiger partial charge in [0, 0.05) is 10.6 Å². The standard InChI is InChI=1S/C15H20ClNO2/c1-3-17-15(11-5-4-8-19-10-11)13-7-6-12(16)9-14(13)18-2/h6-7,9-10,15,17H,3-5,8H2,1-2H3. The van der Waals surface area contributed by atoms with Crippen LogP contribution in [0.4, 0.5) is 0 Å². The topological polar surface area (TPSA) is 30.5 Å². The van der Waals surface area contributed by atoms with E-state index in [2.05, 4.69) is 12.2 Å². The second-order valence-electron chi connectivity index (χ2n) is 4.54. The minimum absolute atomic E-state index is 0.123. The summed E-state index contributed by atoms with van der Waals surface area (Å²) in [5, 5.41) is 4.18. The Balaban J connectivity index is 2.35. The maximum absolute atomic E-state index is 6.02. The number of rotatable bonds is 5. The molecule has 1 N–H and O–H groups in total. The first-order chi connectivity index (χ1) is 9.26. The van der Waals surface area contributed by atoms with Crippen molar-refractivity contribution in [2.24, 2.45) is 0 Å². The second kappa shape index (κ2) is 6.83. The van der Waals surface area contributed by atoms with E-state index in [1.165, 1.54) is 5.57 Å². The summed E-state index contributed by atoms with van der Waals surface area (Å²) in [6.07, 6.45) is 3.98. The molecule has 1 unspecified atom stereocenters. The molecule has 1 aromatic rings. The maximum Gasteiger partial charge on any atom is 0.125 e. The second-order valence-corrected chi connectivity index (χ2v) is 4.98. The van der Waals surface area contributed by atoms with Gasteiger partial charge in [-0.25, -0.2) is 0 Å². The molecule has 19 heavy (non-hydrogen) atoms. The Labute approximate surface area is 119 Å². The first-order valence-electron chi connectivity index (χ1n) is 6.63. The summed E-state index contributed by atoms with van der Waals surface area (Å²) >= 11 is 6.02. The average molecular weight is 282 g/mol. The van der Waals surface area contributed by atoms with Gasteiger partial charge in [-0.15, -0.1) is 0 Å². The molecule has 0 saturated carbocycles.